The monoisotopic (exact) mass is 408 g/mol. The van der Waals surface area contributed by atoms with E-state index in [0.717, 1.165) is 15.8 Å². The Morgan fingerprint density at radius 2 is 1.84 bits per heavy atom. The molecule has 0 bridgehead atoms. The zero-order valence-electron chi connectivity index (χ0n) is 13.5. The molecule has 0 spiro atoms. The number of aromatic nitrogens is 1. The van der Waals surface area contributed by atoms with Crippen LogP contribution >= 0.6 is 46.3 Å². The van der Waals surface area contributed by atoms with Gasteiger partial charge in [0.2, 0.25) is 5.91 Å². The third-order valence-electron chi connectivity index (χ3n) is 4.27. The molecule has 1 amide bonds. The molecule has 7 heteroatoms. The van der Waals surface area contributed by atoms with Crippen molar-refractivity contribution in [3.63, 3.8) is 0 Å². The second kappa shape index (κ2) is 6.16. The van der Waals surface area contributed by atoms with Gasteiger partial charge >= 0.3 is 0 Å². The first-order valence-electron chi connectivity index (χ1n) is 7.72. The number of hydrogen-bond donors (Lipinski definition) is 0. The molecule has 4 rings (SSSR count). The molecule has 0 aliphatic carbocycles. The highest BCUT2D eigenvalue weighted by atomic mass is 35.5. The SMILES string of the molecule is CC1SC(C)(c2cc(Cl)cc(Cl)c2)N(c2nc3ccccc3s2)C1=O. The van der Waals surface area contributed by atoms with E-state index in [1.165, 1.54) is 11.3 Å². The number of nitrogens with zero attached hydrogens (tertiary/aromatic N) is 2. The smallest absolute Gasteiger partial charge is 0.243 e. The zero-order chi connectivity index (χ0) is 17.8. The second-order valence-corrected chi connectivity index (χ2v) is 9.66. The van der Waals surface area contributed by atoms with E-state index < -0.39 is 4.87 Å². The Balaban J connectivity index is 1.89. The fourth-order valence-electron chi connectivity index (χ4n) is 3.09. The van der Waals surface area contributed by atoms with Crippen LogP contribution in [0.5, 0.6) is 0 Å². The molecular formula is C18H14Cl2N2OS2. The Hall–Kier alpha value is -1.27. The summed E-state index contributed by atoms with van der Waals surface area (Å²) in [6, 6.07) is 13.3. The summed E-state index contributed by atoms with van der Waals surface area (Å²) >= 11 is 15.5. The summed E-state index contributed by atoms with van der Waals surface area (Å²) in [7, 11) is 0. The maximum absolute atomic E-state index is 12.9. The van der Waals surface area contributed by atoms with Crippen LogP contribution in [0.1, 0.15) is 19.4 Å². The maximum Gasteiger partial charge on any atom is 0.243 e. The van der Waals surface area contributed by atoms with Crippen molar-refractivity contribution in [2.24, 2.45) is 0 Å². The quantitative estimate of drug-likeness (QED) is 0.525. The Morgan fingerprint density at radius 3 is 2.52 bits per heavy atom. The highest BCUT2D eigenvalue weighted by Gasteiger charge is 2.50. The number of thioether (sulfide) groups is 1. The maximum atomic E-state index is 12.9. The van der Waals surface area contributed by atoms with Gasteiger partial charge in [0.1, 0.15) is 4.87 Å². The number of amides is 1. The topological polar surface area (TPSA) is 33.2 Å². The largest absolute Gasteiger partial charge is 0.273 e. The molecule has 1 aromatic heterocycles. The van der Waals surface area contributed by atoms with Gasteiger partial charge in [-0.2, -0.15) is 0 Å². The van der Waals surface area contributed by atoms with Gasteiger partial charge in [-0.05, 0) is 49.7 Å². The third kappa shape index (κ3) is 2.83. The number of rotatable bonds is 2. The number of carbonyl (C=O) groups excluding carboxylic acids is 1. The number of anilines is 1. The van der Waals surface area contributed by atoms with Crippen LogP contribution in [0, 0.1) is 0 Å². The van der Waals surface area contributed by atoms with Crippen LogP contribution in [0.2, 0.25) is 10.0 Å². The fraction of sp³-hybridized carbons (Fsp3) is 0.222. The van der Waals surface area contributed by atoms with Crippen LogP contribution in [-0.2, 0) is 9.67 Å². The molecule has 1 aliphatic heterocycles. The predicted molar refractivity (Wildman–Crippen MR) is 108 cm³/mol. The lowest BCUT2D eigenvalue weighted by molar-refractivity contribution is -0.117. The average Bonchev–Trinajstić information content (AvgIpc) is 3.06. The predicted octanol–water partition coefficient (Wildman–Crippen LogP) is 5.94. The van der Waals surface area contributed by atoms with E-state index in [1.54, 1.807) is 22.7 Å². The Morgan fingerprint density at radius 1 is 1.16 bits per heavy atom. The fourth-order valence-corrected chi connectivity index (χ4v) is 6.17. The zero-order valence-corrected chi connectivity index (χ0v) is 16.6. The van der Waals surface area contributed by atoms with Crippen molar-refractivity contribution >= 4 is 67.6 Å². The number of fused-ring (bicyclic) bond motifs is 1. The molecule has 0 radical (unpaired) electrons. The molecule has 25 heavy (non-hydrogen) atoms. The van der Waals surface area contributed by atoms with Gasteiger partial charge in [-0.3, -0.25) is 9.69 Å². The van der Waals surface area contributed by atoms with E-state index in [2.05, 4.69) is 4.98 Å². The van der Waals surface area contributed by atoms with Gasteiger partial charge < -0.3 is 0 Å². The van der Waals surface area contributed by atoms with Gasteiger partial charge in [0.05, 0.1) is 15.5 Å². The number of thiazole rings is 1. The number of carbonyl (C=O) groups is 1. The van der Waals surface area contributed by atoms with Gasteiger partial charge in [-0.25, -0.2) is 4.98 Å². The third-order valence-corrected chi connectivity index (χ3v) is 7.16. The van der Waals surface area contributed by atoms with Gasteiger partial charge in [0, 0.05) is 10.0 Å². The molecule has 2 unspecified atom stereocenters. The Labute approximate surface area is 164 Å². The lowest BCUT2D eigenvalue weighted by atomic mass is 10.1. The van der Waals surface area contributed by atoms with Gasteiger partial charge in [0.25, 0.3) is 0 Å². The summed E-state index contributed by atoms with van der Waals surface area (Å²) < 4.78 is 1.06. The van der Waals surface area contributed by atoms with Crippen molar-refractivity contribution < 1.29 is 4.79 Å². The minimum Gasteiger partial charge on any atom is -0.273 e. The lowest BCUT2D eigenvalue weighted by Gasteiger charge is -2.33. The molecule has 0 saturated carbocycles. The minimum absolute atomic E-state index is 0.0441. The summed E-state index contributed by atoms with van der Waals surface area (Å²) in [4.78, 5) is 18.8. The average molecular weight is 409 g/mol. The number of halogens is 2. The molecule has 2 heterocycles. The summed E-state index contributed by atoms with van der Waals surface area (Å²) in [6.07, 6.45) is 0. The first-order valence-corrected chi connectivity index (χ1v) is 10.2. The van der Waals surface area contributed by atoms with Gasteiger partial charge in [-0.1, -0.05) is 46.7 Å². The highest BCUT2D eigenvalue weighted by Crippen LogP contribution is 2.52. The van der Waals surface area contributed by atoms with Crippen LogP contribution in [-0.4, -0.2) is 16.1 Å². The summed E-state index contributed by atoms with van der Waals surface area (Å²) in [6.45, 7) is 3.94. The number of para-hydroxylation sites is 1. The summed E-state index contributed by atoms with van der Waals surface area (Å²) in [5.74, 6) is 0.0441. The van der Waals surface area contributed by atoms with Crippen molar-refractivity contribution in [1.29, 1.82) is 0 Å². The summed E-state index contributed by atoms with van der Waals surface area (Å²) in [5.41, 5.74) is 1.79. The number of benzene rings is 2. The standard InChI is InChI=1S/C18H14Cl2N2OS2/c1-10-16(23)22(17-21-14-5-3-4-6-15(14)24-17)18(2,25-10)11-7-12(19)9-13(20)8-11/h3-10H,1-2H3. The van der Waals surface area contributed by atoms with Crippen LogP contribution in [0.15, 0.2) is 42.5 Å². The van der Waals surface area contributed by atoms with E-state index in [9.17, 15) is 4.79 Å². The molecule has 1 aliphatic rings. The van der Waals surface area contributed by atoms with E-state index >= 15 is 0 Å². The molecule has 0 N–H and O–H groups in total. The van der Waals surface area contributed by atoms with Crippen molar-refractivity contribution in [2.45, 2.75) is 24.0 Å². The van der Waals surface area contributed by atoms with E-state index in [4.69, 9.17) is 23.2 Å². The molecular weight excluding hydrogens is 395 g/mol. The van der Waals surface area contributed by atoms with Crippen molar-refractivity contribution in [1.82, 2.24) is 4.98 Å². The molecule has 128 valence electrons. The van der Waals surface area contributed by atoms with Crippen molar-refractivity contribution in [2.75, 3.05) is 4.90 Å². The molecule has 2 aromatic carbocycles. The molecule has 3 nitrogen and oxygen atoms in total. The van der Waals surface area contributed by atoms with E-state index in [1.807, 2.05) is 50.2 Å². The molecule has 1 saturated heterocycles. The van der Waals surface area contributed by atoms with Crippen LogP contribution in [0.25, 0.3) is 10.2 Å². The van der Waals surface area contributed by atoms with E-state index in [0.29, 0.717) is 15.2 Å². The first-order chi connectivity index (χ1) is 11.9. The van der Waals surface area contributed by atoms with Crippen LogP contribution in [0.4, 0.5) is 5.13 Å². The summed E-state index contributed by atoms with van der Waals surface area (Å²) in [5, 5.41) is 1.64. The first kappa shape index (κ1) is 17.2. The molecule has 2 atom stereocenters. The van der Waals surface area contributed by atoms with Crippen molar-refractivity contribution in [3.8, 4) is 0 Å². The molecule has 1 fully saturated rings. The normalized spacial score (nSPS) is 23.6. The molecule has 3 aromatic rings. The highest BCUT2D eigenvalue weighted by molar-refractivity contribution is 8.02. The van der Waals surface area contributed by atoms with Gasteiger partial charge in [0.15, 0.2) is 5.13 Å². The van der Waals surface area contributed by atoms with Crippen LogP contribution < -0.4 is 4.90 Å². The van der Waals surface area contributed by atoms with Crippen LogP contribution in [0.3, 0.4) is 0 Å². The van der Waals surface area contributed by atoms with E-state index in [-0.39, 0.29) is 11.2 Å². The Bertz CT molecular complexity index is 937. The minimum atomic E-state index is -0.612. The van der Waals surface area contributed by atoms with Gasteiger partial charge in [-0.15, -0.1) is 11.8 Å². The van der Waals surface area contributed by atoms with Crippen molar-refractivity contribution in [3.05, 3.63) is 58.1 Å². The second-order valence-electron chi connectivity index (χ2n) is 6.04. The lowest BCUT2D eigenvalue weighted by Crippen LogP contribution is -2.40. The number of hydrogen-bond acceptors (Lipinski definition) is 4. The Kier molecular flexibility index (Phi) is 4.23.